The molecule has 0 saturated carbocycles. The molecule has 0 aliphatic carbocycles. The summed E-state index contributed by atoms with van der Waals surface area (Å²) in [6.45, 7) is 3.68. The van der Waals surface area contributed by atoms with Crippen LogP contribution in [-0.2, 0) is 4.74 Å². The van der Waals surface area contributed by atoms with Crippen molar-refractivity contribution >= 4 is 5.82 Å². The fourth-order valence-electron chi connectivity index (χ4n) is 1.56. The molecule has 1 aromatic heterocycles. The first kappa shape index (κ1) is 12.9. The van der Waals surface area contributed by atoms with Crippen LogP contribution in [0.15, 0.2) is 18.3 Å². The molecule has 1 unspecified atom stereocenters. The fourth-order valence-corrected chi connectivity index (χ4v) is 1.56. The zero-order valence-corrected chi connectivity index (χ0v) is 10.5. The highest BCUT2D eigenvalue weighted by Gasteiger charge is 2.12. The number of likely N-dealkylation sites (N-methyl/N-ethyl adjacent to an activating group) is 1. The maximum Gasteiger partial charge on any atom is 0.133 e. The van der Waals surface area contributed by atoms with Crippen molar-refractivity contribution < 1.29 is 4.74 Å². The number of hydrogen-bond donors (Lipinski definition) is 1. The Morgan fingerprint density at radius 2 is 2.31 bits per heavy atom. The second kappa shape index (κ2) is 6.45. The SMILES string of the molecule is CNC(C)c1cccnc1N(C)CCOC. The molecule has 0 aromatic carbocycles. The van der Waals surface area contributed by atoms with Crippen molar-refractivity contribution in [1.29, 1.82) is 0 Å². The van der Waals surface area contributed by atoms with Crippen molar-refractivity contribution in [2.75, 3.05) is 39.3 Å². The van der Waals surface area contributed by atoms with Gasteiger partial charge in [0.15, 0.2) is 0 Å². The van der Waals surface area contributed by atoms with Crippen LogP contribution in [0, 0.1) is 0 Å². The van der Waals surface area contributed by atoms with E-state index in [9.17, 15) is 0 Å². The number of pyridine rings is 1. The summed E-state index contributed by atoms with van der Waals surface area (Å²) in [5.41, 5.74) is 1.21. The summed E-state index contributed by atoms with van der Waals surface area (Å²) in [6.07, 6.45) is 1.82. The lowest BCUT2D eigenvalue weighted by molar-refractivity contribution is 0.206. The van der Waals surface area contributed by atoms with E-state index >= 15 is 0 Å². The molecule has 4 heteroatoms. The molecule has 1 rings (SSSR count). The molecule has 0 saturated heterocycles. The van der Waals surface area contributed by atoms with Gasteiger partial charge in [-0.3, -0.25) is 0 Å². The summed E-state index contributed by atoms with van der Waals surface area (Å²) in [5, 5.41) is 3.23. The van der Waals surface area contributed by atoms with Gasteiger partial charge in [-0.15, -0.1) is 0 Å². The van der Waals surface area contributed by atoms with E-state index in [1.165, 1.54) is 5.56 Å². The number of ether oxygens (including phenoxy) is 1. The normalized spacial score (nSPS) is 12.5. The lowest BCUT2D eigenvalue weighted by Gasteiger charge is -2.23. The smallest absolute Gasteiger partial charge is 0.133 e. The zero-order chi connectivity index (χ0) is 12.0. The van der Waals surface area contributed by atoms with E-state index in [1.54, 1.807) is 7.11 Å². The summed E-state index contributed by atoms with van der Waals surface area (Å²) < 4.78 is 5.08. The number of hydrogen-bond acceptors (Lipinski definition) is 4. The monoisotopic (exact) mass is 223 g/mol. The third-order valence-corrected chi connectivity index (χ3v) is 2.71. The van der Waals surface area contributed by atoms with Gasteiger partial charge >= 0.3 is 0 Å². The Labute approximate surface area is 97.6 Å². The average molecular weight is 223 g/mol. The molecule has 1 N–H and O–H groups in total. The standard InChI is InChI=1S/C12H21N3O/c1-10(13-2)11-6-5-7-14-12(11)15(3)8-9-16-4/h5-7,10,13H,8-9H2,1-4H3. The van der Waals surface area contributed by atoms with E-state index in [-0.39, 0.29) is 0 Å². The highest BCUT2D eigenvalue weighted by molar-refractivity contribution is 5.47. The summed E-state index contributed by atoms with van der Waals surface area (Å²) in [5.74, 6) is 1.02. The van der Waals surface area contributed by atoms with Crippen LogP contribution in [0.2, 0.25) is 0 Å². The van der Waals surface area contributed by atoms with E-state index in [0.29, 0.717) is 12.6 Å². The largest absolute Gasteiger partial charge is 0.383 e. The molecule has 4 nitrogen and oxygen atoms in total. The third-order valence-electron chi connectivity index (χ3n) is 2.71. The predicted octanol–water partition coefficient (Wildman–Crippen LogP) is 1.44. The van der Waals surface area contributed by atoms with Gasteiger partial charge in [0, 0.05) is 38.5 Å². The minimum Gasteiger partial charge on any atom is -0.383 e. The minimum atomic E-state index is 0.300. The topological polar surface area (TPSA) is 37.4 Å². The van der Waals surface area contributed by atoms with Gasteiger partial charge in [0.1, 0.15) is 5.82 Å². The van der Waals surface area contributed by atoms with Crippen molar-refractivity contribution in [2.24, 2.45) is 0 Å². The lowest BCUT2D eigenvalue weighted by Crippen LogP contribution is -2.26. The van der Waals surface area contributed by atoms with E-state index in [0.717, 1.165) is 12.4 Å². The van der Waals surface area contributed by atoms with Crippen LogP contribution in [0.5, 0.6) is 0 Å². The third kappa shape index (κ3) is 3.18. The van der Waals surface area contributed by atoms with Crippen molar-refractivity contribution in [3.05, 3.63) is 23.9 Å². The van der Waals surface area contributed by atoms with E-state index in [2.05, 4.69) is 28.2 Å². The molecule has 0 spiro atoms. The minimum absolute atomic E-state index is 0.300. The Morgan fingerprint density at radius 1 is 1.56 bits per heavy atom. The van der Waals surface area contributed by atoms with Crippen LogP contribution in [0.1, 0.15) is 18.5 Å². The molecule has 0 radical (unpaired) electrons. The number of anilines is 1. The second-order valence-corrected chi connectivity index (χ2v) is 3.84. The summed E-state index contributed by atoms with van der Waals surface area (Å²) in [6, 6.07) is 4.37. The highest BCUT2D eigenvalue weighted by Crippen LogP contribution is 2.22. The Bertz CT molecular complexity index is 317. The molecule has 0 aliphatic rings. The first-order chi connectivity index (χ1) is 7.70. The van der Waals surface area contributed by atoms with Crippen LogP contribution < -0.4 is 10.2 Å². The number of rotatable bonds is 6. The molecule has 1 atom stereocenters. The molecular weight excluding hydrogens is 202 g/mol. The first-order valence-corrected chi connectivity index (χ1v) is 5.53. The quantitative estimate of drug-likeness (QED) is 0.792. The van der Waals surface area contributed by atoms with E-state index in [1.807, 2.05) is 26.4 Å². The highest BCUT2D eigenvalue weighted by atomic mass is 16.5. The summed E-state index contributed by atoms with van der Waals surface area (Å²) in [4.78, 5) is 6.55. The Hall–Kier alpha value is -1.13. The summed E-state index contributed by atoms with van der Waals surface area (Å²) in [7, 11) is 5.70. The van der Waals surface area contributed by atoms with Gasteiger partial charge in [0.05, 0.1) is 6.61 Å². The number of nitrogens with zero attached hydrogens (tertiary/aromatic N) is 2. The number of methoxy groups -OCH3 is 1. The number of aromatic nitrogens is 1. The van der Waals surface area contributed by atoms with Crippen LogP contribution >= 0.6 is 0 Å². The molecule has 1 heterocycles. The maximum atomic E-state index is 5.08. The molecule has 16 heavy (non-hydrogen) atoms. The van der Waals surface area contributed by atoms with Crippen LogP contribution in [0.3, 0.4) is 0 Å². The van der Waals surface area contributed by atoms with Crippen molar-refractivity contribution in [3.8, 4) is 0 Å². The number of nitrogens with one attached hydrogen (secondary N) is 1. The zero-order valence-electron chi connectivity index (χ0n) is 10.5. The predicted molar refractivity (Wildman–Crippen MR) is 66.9 cm³/mol. The van der Waals surface area contributed by atoms with Gasteiger partial charge in [-0.25, -0.2) is 4.98 Å². The van der Waals surface area contributed by atoms with Gasteiger partial charge < -0.3 is 15.0 Å². The lowest BCUT2D eigenvalue weighted by atomic mass is 10.1. The van der Waals surface area contributed by atoms with Gasteiger partial charge in [0.2, 0.25) is 0 Å². The van der Waals surface area contributed by atoms with Gasteiger partial charge in [-0.2, -0.15) is 0 Å². The van der Waals surface area contributed by atoms with Crippen LogP contribution in [0.25, 0.3) is 0 Å². The Balaban J connectivity index is 2.85. The first-order valence-electron chi connectivity index (χ1n) is 5.53. The van der Waals surface area contributed by atoms with Crippen LogP contribution in [0.4, 0.5) is 5.82 Å². The molecule has 1 aromatic rings. The van der Waals surface area contributed by atoms with Gasteiger partial charge in [-0.05, 0) is 20.0 Å². The second-order valence-electron chi connectivity index (χ2n) is 3.84. The fraction of sp³-hybridized carbons (Fsp3) is 0.583. The maximum absolute atomic E-state index is 5.08. The molecular formula is C12H21N3O. The average Bonchev–Trinajstić information content (AvgIpc) is 2.35. The summed E-state index contributed by atoms with van der Waals surface area (Å²) >= 11 is 0. The Morgan fingerprint density at radius 3 is 2.94 bits per heavy atom. The van der Waals surface area contributed by atoms with E-state index in [4.69, 9.17) is 4.74 Å². The molecule has 0 amide bonds. The van der Waals surface area contributed by atoms with Crippen molar-refractivity contribution in [1.82, 2.24) is 10.3 Å². The molecule has 90 valence electrons. The molecule has 0 bridgehead atoms. The van der Waals surface area contributed by atoms with Gasteiger partial charge in [-0.1, -0.05) is 6.07 Å². The molecule has 0 aliphatic heterocycles. The van der Waals surface area contributed by atoms with Gasteiger partial charge in [0.25, 0.3) is 0 Å². The van der Waals surface area contributed by atoms with Crippen LogP contribution in [-0.4, -0.2) is 39.3 Å². The Kier molecular flexibility index (Phi) is 5.22. The molecule has 0 fully saturated rings. The van der Waals surface area contributed by atoms with Crippen molar-refractivity contribution in [3.63, 3.8) is 0 Å². The van der Waals surface area contributed by atoms with Crippen molar-refractivity contribution in [2.45, 2.75) is 13.0 Å². The van der Waals surface area contributed by atoms with E-state index < -0.39 is 0 Å².